The first kappa shape index (κ1) is 19.1. The molecule has 3 amide bonds. The fourth-order valence-electron chi connectivity index (χ4n) is 3.99. The van der Waals surface area contributed by atoms with Crippen LogP contribution in [0.15, 0.2) is 60.8 Å². The molecule has 1 unspecified atom stereocenters. The predicted molar refractivity (Wildman–Crippen MR) is 115 cm³/mol. The summed E-state index contributed by atoms with van der Waals surface area (Å²) in [4.78, 5) is 30.4. The first-order chi connectivity index (χ1) is 14.2. The number of H-pyrrole nitrogens is 1. The van der Waals surface area contributed by atoms with Gasteiger partial charge in [0.15, 0.2) is 0 Å². The molecule has 4 rings (SSSR count). The molecule has 1 aliphatic heterocycles. The van der Waals surface area contributed by atoms with Gasteiger partial charge >= 0.3 is 6.03 Å². The molecule has 3 aromatic rings. The van der Waals surface area contributed by atoms with Gasteiger partial charge in [0.2, 0.25) is 5.91 Å². The molecule has 6 nitrogen and oxygen atoms in total. The van der Waals surface area contributed by atoms with E-state index in [1.807, 2.05) is 65.7 Å². The van der Waals surface area contributed by atoms with Crippen LogP contribution < -0.4 is 10.6 Å². The average Bonchev–Trinajstić information content (AvgIpc) is 3.16. The number of rotatable bonds is 5. The van der Waals surface area contributed by atoms with Gasteiger partial charge in [-0.1, -0.05) is 36.4 Å². The molecule has 0 aliphatic carbocycles. The number of fused-ring (bicyclic) bond motifs is 1. The second-order valence-corrected chi connectivity index (χ2v) is 7.47. The fourth-order valence-corrected chi connectivity index (χ4v) is 3.99. The van der Waals surface area contributed by atoms with Crippen molar-refractivity contribution in [3.05, 3.63) is 66.4 Å². The second-order valence-electron chi connectivity index (χ2n) is 7.47. The topological polar surface area (TPSA) is 77.2 Å². The molecule has 1 atom stereocenters. The molecule has 2 aromatic carbocycles. The molecule has 29 heavy (non-hydrogen) atoms. The van der Waals surface area contributed by atoms with Crippen LogP contribution in [0, 0.1) is 0 Å². The van der Waals surface area contributed by atoms with Crippen LogP contribution in [0.2, 0.25) is 0 Å². The minimum Gasteiger partial charge on any atom is -0.361 e. The van der Waals surface area contributed by atoms with Crippen LogP contribution in [0.3, 0.4) is 0 Å². The van der Waals surface area contributed by atoms with Crippen molar-refractivity contribution in [3.8, 4) is 0 Å². The Hall–Kier alpha value is -3.28. The summed E-state index contributed by atoms with van der Waals surface area (Å²) in [6.07, 6.45) is 5.28. The summed E-state index contributed by atoms with van der Waals surface area (Å²) in [6.45, 7) is 1.20. The SMILES string of the molecule is O=C(NCC1CCCCN1C(=O)Cc1c[nH]c2ccccc12)Nc1ccccc1. The Morgan fingerprint density at radius 3 is 2.69 bits per heavy atom. The largest absolute Gasteiger partial charge is 0.361 e. The lowest BCUT2D eigenvalue weighted by molar-refractivity contribution is -0.134. The molecule has 0 bridgehead atoms. The van der Waals surface area contributed by atoms with E-state index < -0.39 is 0 Å². The number of hydrogen-bond donors (Lipinski definition) is 3. The maximum absolute atomic E-state index is 13.0. The Morgan fingerprint density at radius 1 is 1.03 bits per heavy atom. The molecule has 2 heterocycles. The number of carbonyl (C=O) groups excluding carboxylic acids is 2. The summed E-state index contributed by atoms with van der Waals surface area (Å²) in [7, 11) is 0. The average molecular weight is 390 g/mol. The normalized spacial score (nSPS) is 16.6. The monoisotopic (exact) mass is 390 g/mol. The van der Waals surface area contributed by atoms with Gasteiger partial charge in [-0.25, -0.2) is 4.79 Å². The van der Waals surface area contributed by atoms with Gasteiger partial charge in [-0.3, -0.25) is 4.79 Å². The zero-order valence-electron chi connectivity index (χ0n) is 16.4. The summed E-state index contributed by atoms with van der Waals surface area (Å²) >= 11 is 0. The van der Waals surface area contributed by atoms with Crippen molar-refractivity contribution in [2.75, 3.05) is 18.4 Å². The number of likely N-dealkylation sites (tertiary alicyclic amines) is 1. The fraction of sp³-hybridized carbons (Fsp3) is 0.304. The number of nitrogens with zero attached hydrogens (tertiary/aromatic N) is 1. The van der Waals surface area contributed by atoms with E-state index in [4.69, 9.17) is 0 Å². The standard InChI is InChI=1S/C23H26N4O2/c28-22(14-17-15-24-21-12-5-4-11-20(17)21)27-13-7-6-10-19(27)16-25-23(29)26-18-8-2-1-3-9-18/h1-5,8-9,11-12,15,19,24H,6-7,10,13-14,16H2,(H2,25,26,29). The summed E-state index contributed by atoms with van der Waals surface area (Å²) in [5, 5.41) is 6.84. The number of aromatic amines is 1. The van der Waals surface area contributed by atoms with Crippen LogP contribution >= 0.6 is 0 Å². The van der Waals surface area contributed by atoms with E-state index in [9.17, 15) is 9.59 Å². The third kappa shape index (κ3) is 4.59. The first-order valence-corrected chi connectivity index (χ1v) is 10.1. The number of anilines is 1. The lowest BCUT2D eigenvalue weighted by atomic mass is 10.0. The van der Waals surface area contributed by atoms with Crippen LogP contribution in [0.5, 0.6) is 0 Å². The number of amides is 3. The lowest BCUT2D eigenvalue weighted by Gasteiger charge is -2.36. The number of hydrogen-bond acceptors (Lipinski definition) is 2. The van der Waals surface area contributed by atoms with Gasteiger partial charge in [0.05, 0.1) is 6.42 Å². The molecule has 1 saturated heterocycles. The third-order valence-corrected chi connectivity index (χ3v) is 5.49. The highest BCUT2D eigenvalue weighted by atomic mass is 16.2. The number of carbonyl (C=O) groups is 2. The van der Waals surface area contributed by atoms with Gasteiger partial charge in [-0.2, -0.15) is 0 Å². The van der Waals surface area contributed by atoms with Crippen LogP contribution in [-0.4, -0.2) is 41.0 Å². The smallest absolute Gasteiger partial charge is 0.319 e. The highest BCUT2D eigenvalue weighted by Crippen LogP contribution is 2.22. The highest BCUT2D eigenvalue weighted by molar-refractivity contribution is 5.90. The molecule has 3 N–H and O–H groups in total. The van der Waals surface area contributed by atoms with Crippen molar-refractivity contribution >= 4 is 28.5 Å². The summed E-state index contributed by atoms with van der Waals surface area (Å²) in [6, 6.07) is 17.2. The van der Waals surface area contributed by atoms with Crippen molar-refractivity contribution in [1.82, 2.24) is 15.2 Å². The Balaban J connectivity index is 1.36. The van der Waals surface area contributed by atoms with E-state index in [0.29, 0.717) is 13.0 Å². The zero-order valence-corrected chi connectivity index (χ0v) is 16.4. The molecular weight excluding hydrogens is 364 g/mol. The number of benzene rings is 2. The number of nitrogens with one attached hydrogen (secondary N) is 3. The molecule has 150 valence electrons. The minimum absolute atomic E-state index is 0.0305. The lowest BCUT2D eigenvalue weighted by Crippen LogP contribution is -2.50. The van der Waals surface area contributed by atoms with E-state index in [2.05, 4.69) is 15.6 Å². The molecule has 1 aliphatic rings. The van der Waals surface area contributed by atoms with Gasteiger partial charge in [0, 0.05) is 41.9 Å². The van der Waals surface area contributed by atoms with E-state index >= 15 is 0 Å². The summed E-state index contributed by atoms with van der Waals surface area (Å²) < 4.78 is 0. The maximum Gasteiger partial charge on any atom is 0.319 e. The Bertz CT molecular complexity index is 983. The first-order valence-electron chi connectivity index (χ1n) is 10.1. The van der Waals surface area contributed by atoms with Crippen molar-refractivity contribution in [2.45, 2.75) is 31.7 Å². The predicted octanol–water partition coefficient (Wildman–Crippen LogP) is 3.91. The van der Waals surface area contributed by atoms with Crippen LogP contribution in [0.1, 0.15) is 24.8 Å². The van der Waals surface area contributed by atoms with Crippen LogP contribution in [0.25, 0.3) is 10.9 Å². The Labute approximate surface area is 170 Å². The zero-order chi connectivity index (χ0) is 20.1. The Kier molecular flexibility index (Phi) is 5.79. The molecule has 6 heteroatoms. The van der Waals surface area contributed by atoms with E-state index in [1.165, 1.54) is 0 Å². The van der Waals surface area contributed by atoms with E-state index in [1.54, 1.807) is 0 Å². The van der Waals surface area contributed by atoms with Crippen molar-refractivity contribution in [2.24, 2.45) is 0 Å². The quantitative estimate of drug-likeness (QED) is 0.618. The maximum atomic E-state index is 13.0. The van der Waals surface area contributed by atoms with Gasteiger partial charge in [-0.05, 0) is 43.0 Å². The van der Waals surface area contributed by atoms with Gasteiger partial charge in [0.1, 0.15) is 0 Å². The number of para-hydroxylation sites is 2. The second kappa shape index (κ2) is 8.82. The van der Waals surface area contributed by atoms with Crippen molar-refractivity contribution in [1.29, 1.82) is 0 Å². The summed E-state index contributed by atoms with van der Waals surface area (Å²) in [5.41, 5.74) is 2.82. The number of piperidine rings is 1. The number of urea groups is 1. The van der Waals surface area contributed by atoms with Crippen LogP contribution in [0.4, 0.5) is 10.5 Å². The molecular formula is C23H26N4O2. The van der Waals surface area contributed by atoms with E-state index in [0.717, 1.165) is 48.0 Å². The molecule has 0 saturated carbocycles. The van der Waals surface area contributed by atoms with Gasteiger partial charge < -0.3 is 20.5 Å². The van der Waals surface area contributed by atoms with Crippen molar-refractivity contribution in [3.63, 3.8) is 0 Å². The van der Waals surface area contributed by atoms with Crippen molar-refractivity contribution < 1.29 is 9.59 Å². The summed E-state index contributed by atoms with van der Waals surface area (Å²) in [5.74, 6) is 0.115. The molecule has 1 fully saturated rings. The molecule has 0 spiro atoms. The van der Waals surface area contributed by atoms with Gasteiger partial charge in [0.25, 0.3) is 0 Å². The molecule has 0 radical (unpaired) electrons. The number of aromatic nitrogens is 1. The third-order valence-electron chi connectivity index (χ3n) is 5.49. The Morgan fingerprint density at radius 2 is 1.83 bits per heavy atom. The van der Waals surface area contributed by atoms with Gasteiger partial charge in [-0.15, -0.1) is 0 Å². The van der Waals surface area contributed by atoms with Crippen LogP contribution in [-0.2, 0) is 11.2 Å². The minimum atomic E-state index is -0.245. The highest BCUT2D eigenvalue weighted by Gasteiger charge is 2.27. The molecule has 1 aromatic heterocycles. The van der Waals surface area contributed by atoms with E-state index in [-0.39, 0.29) is 18.0 Å².